The predicted octanol–water partition coefficient (Wildman–Crippen LogP) is -0.701. The molecular weight excluding hydrogens is 244 g/mol. The lowest BCUT2D eigenvalue weighted by atomic mass is 10.0. The summed E-state index contributed by atoms with van der Waals surface area (Å²) in [5.74, 6) is -0.749. The van der Waals surface area contributed by atoms with E-state index in [-0.39, 0.29) is 18.1 Å². The van der Waals surface area contributed by atoms with Crippen molar-refractivity contribution in [2.45, 2.75) is 25.3 Å². The first-order valence-electron chi connectivity index (χ1n) is 5.74. The van der Waals surface area contributed by atoms with E-state index in [1.165, 1.54) is 0 Å². The van der Waals surface area contributed by atoms with E-state index in [9.17, 15) is 13.2 Å². The number of hydrogen-bond acceptors (Lipinski definition) is 5. The fourth-order valence-electron chi connectivity index (χ4n) is 1.96. The zero-order valence-corrected chi connectivity index (χ0v) is 10.9. The van der Waals surface area contributed by atoms with E-state index in [1.54, 1.807) is 4.90 Å². The van der Waals surface area contributed by atoms with Crippen molar-refractivity contribution in [3.8, 4) is 0 Å². The molecule has 1 rings (SSSR count). The van der Waals surface area contributed by atoms with Gasteiger partial charge in [-0.2, -0.15) is 0 Å². The van der Waals surface area contributed by atoms with Gasteiger partial charge in [-0.25, -0.2) is 8.42 Å². The summed E-state index contributed by atoms with van der Waals surface area (Å²) in [4.78, 5) is 12.7. The van der Waals surface area contributed by atoms with Crippen LogP contribution in [0.25, 0.3) is 0 Å². The molecule has 0 aromatic heterocycles. The maximum absolute atomic E-state index is 11.5. The smallest absolute Gasteiger partial charge is 0.325 e. The minimum atomic E-state index is -3.01. The number of sulfone groups is 1. The predicted molar refractivity (Wildman–Crippen MR) is 64.6 cm³/mol. The second-order valence-corrected chi connectivity index (χ2v) is 6.94. The van der Waals surface area contributed by atoms with E-state index in [4.69, 9.17) is 10.8 Å². The highest BCUT2D eigenvalue weighted by Gasteiger charge is 2.41. The molecule has 0 aromatic carbocycles. The summed E-state index contributed by atoms with van der Waals surface area (Å²) in [6.45, 7) is 2.96. The van der Waals surface area contributed by atoms with Gasteiger partial charge in [-0.1, -0.05) is 6.92 Å². The first-order chi connectivity index (χ1) is 7.79. The maximum atomic E-state index is 11.5. The Morgan fingerprint density at radius 3 is 2.59 bits per heavy atom. The van der Waals surface area contributed by atoms with Crippen molar-refractivity contribution < 1.29 is 18.3 Å². The third-order valence-electron chi connectivity index (χ3n) is 3.04. The van der Waals surface area contributed by atoms with Gasteiger partial charge < -0.3 is 10.8 Å². The summed E-state index contributed by atoms with van der Waals surface area (Å²) in [5, 5.41) is 8.93. The lowest BCUT2D eigenvalue weighted by Crippen LogP contribution is -2.50. The van der Waals surface area contributed by atoms with Gasteiger partial charge in [0.1, 0.15) is 5.54 Å². The van der Waals surface area contributed by atoms with Gasteiger partial charge in [0.2, 0.25) is 0 Å². The van der Waals surface area contributed by atoms with Gasteiger partial charge in [-0.3, -0.25) is 9.69 Å². The van der Waals surface area contributed by atoms with Gasteiger partial charge in [0.05, 0.1) is 5.75 Å². The Kier molecular flexibility index (Phi) is 4.51. The van der Waals surface area contributed by atoms with E-state index in [1.807, 2.05) is 6.92 Å². The van der Waals surface area contributed by atoms with Crippen molar-refractivity contribution in [1.29, 1.82) is 0 Å². The molecule has 0 saturated carbocycles. The van der Waals surface area contributed by atoms with Crippen LogP contribution in [0.4, 0.5) is 0 Å². The average molecular weight is 264 g/mol. The zero-order valence-electron chi connectivity index (χ0n) is 10.1. The summed E-state index contributed by atoms with van der Waals surface area (Å²) < 4.78 is 23.0. The van der Waals surface area contributed by atoms with Crippen molar-refractivity contribution in [3.05, 3.63) is 0 Å². The minimum absolute atomic E-state index is 0.0799. The van der Waals surface area contributed by atoms with Gasteiger partial charge >= 0.3 is 5.97 Å². The molecule has 0 radical (unpaired) electrons. The molecule has 1 heterocycles. The van der Waals surface area contributed by atoms with Gasteiger partial charge in [0.15, 0.2) is 9.84 Å². The number of likely N-dealkylation sites (tertiary alicyclic amines) is 1. The Morgan fingerprint density at radius 1 is 1.47 bits per heavy atom. The number of carboxylic acids is 1. The van der Waals surface area contributed by atoms with Crippen LogP contribution in [0.1, 0.15) is 19.8 Å². The molecule has 1 unspecified atom stereocenters. The number of rotatable bonds is 6. The molecule has 0 aromatic rings. The normalized spacial score (nSPS) is 26.2. The number of nitrogens with zero attached hydrogens (tertiary/aromatic N) is 1. The molecule has 1 aliphatic rings. The topological polar surface area (TPSA) is 101 Å². The monoisotopic (exact) mass is 264 g/mol. The summed E-state index contributed by atoms with van der Waals surface area (Å²) in [6, 6.07) is 0. The summed E-state index contributed by atoms with van der Waals surface area (Å²) in [6.07, 6.45) is 0.981. The molecular formula is C10H20N2O4S. The Bertz CT molecular complexity index is 382. The van der Waals surface area contributed by atoms with Crippen LogP contribution in [0.3, 0.4) is 0 Å². The van der Waals surface area contributed by atoms with Crippen LogP contribution in [0.5, 0.6) is 0 Å². The lowest BCUT2D eigenvalue weighted by molar-refractivity contribution is -0.142. The average Bonchev–Trinajstić information content (AvgIpc) is 2.59. The third kappa shape index (κ3) is 3.93. The molecule has 0 aliphatic carbocycles. The standard InChI is InChI=1S/C10H20N2O4S/c1-2-6-17(15,16)7-5-12-4-3-10(11,8-12)9(13)14/h2-8,11H2,1H3,(H,13,14). The van der Waals surface area contributed by atoms with Crippen molar-refractivity contribution in [1.82, 2.24) is 4.90 Å². The second-order valence-electron chi connectivity index (χ2n) is 4.64. The van der Waals surface area contributed by atoms with Crippen molar-refractivity contribution in [2.75, 3.05) is 31.1 Å². The SMILES string of the molecule is CCCS(=O)(=O)CCN1CCC(N)(C(=O)O)C1. The molecule has 1 saturated heterocycles. The molecule has 0 bridgehead atoms. The van der Waals surface area contributed by atoms with Gasteiger partial charge in [0.25, 0.3) is 0 Å². The van der Waals surface area contributed by atoms with Crippen molar-refractivity contribution >= 4 is 15.8 Å². The van der Waals surface area contributed by atoms with E-state index in [0.717, 1.165) is 0 Å². The van der Waals surface area contributed by atoms with Crippen LogP contribution in [0, 0.1) is 0 Å². The third-order valence-corrected chi connectivity index (χ3v) is 4.87. The van der Waals surface area contributed by atoms with Gasteiger partial charge in [0, 0.05) is 25.4 Å². The highest BCUT2D eigenvalue weighted by Crippen LogP contribution is 2.18. The number of nitrogens with two attached hydrogens (primary N) is 1. The number of carboxylic acid groups (broad SMARTS) is 1. The fraction of sp³-hybridized carbons (Fsp3) is 0.900. The minimum Gasteiger partial charge on any atom is -0.480 e. The first-order valence-corrected chi connectivity index (χ1v) is 7.56. The van der Waals surface area contributed by atoms with E-state index in [2.05, 4.69) is 0 Å². The maximum Gasteiger partial charge on any atom is 0.325 e. The number of aliphatic carboxylic acids is 1. The number of hydrogen-bond donors (Lipinski definition) is 2. The van der Waals surface area contributed by atoms with Crippen LogP contribution in [0.15, 0.2) is 0 Å². The number of carbonyl (C=O) groups is 1. The molecule has 0 amide bonds. The van der Waals surface area contributed by atoms with Crippen LogP contribution in [0.2, 0.25) is 0 Å². The van der Waals surface area contributed by atoms with E-state index >= 15 is 0 Å². The highest BCUT2D eigenvalue weighted by molar-refractivity contribution is 7.91. The lowest BCUT2D eigenvalue weighted by Gasteiger charge is -2.19. The second kappa shape index (κ2) is 5.32. The molecule has 100 valence electrons. The Labute approximate surface area is 102 Å². The summed E-state index contributed by atoms with van der Waals surface area (Å²) in [7, 11) is -3.01. The fourth-order valence-corrected chi connectivity index (χ4v) is 3.32. The Hall–Kier alpha value is -0.660. The first kappa shape index (κ1) is 14.4. The molecule has 1 aliphatic heterocycles. The van der Waals surface area contributed by atoms with Crippen LogP contribution < -0.4 is 5.73 Å². The molecule has 0 spiro atoms. The molecule has 3 N–H and O–H groups in total. The molecule has 1 fully saturated rings. The van der Waals surface area contributed by atoms with Crippen molar-refractivity contribution in [3.63, 3.8) is 0 Å². The quantitative estimate of drug-likeness (QED) is 0.658. The van der Waals surface area contributed by atoms with Crippen LogP contribution in [-0.4, -0.2) is 61.1 Å². The summed E-state index contributed by atoms with van der Waals surface area (Å²) >= 11 is 0. The summed E-state index contributed by atoms with van der Waals surface area (Å²) in [5.41, 5.74) is 4.49. The Morgan fingerprint density at radius 2 is 2.12 bits per heavy atom. The molecule has 1 atom stereocenters. The molecule has 17 heavy (non-hydrogen) atoms. The highest BCUT2D eigenvalue weighted by atomic mass is 32.2. The van der Waals surface area contributed by atoms with Crippen LogP contribution >= 0.6 is 0 Å². The van der Waals surface area contributed by atoms with Crippen molar-refractivity contribution in [2.24, 2.45) is 5.73 Å². The largest absolute Gasteiger partial charge is 0.480 e. The molecule has 6 nitrogen and oxygen atoms in total. The van der Waals surface area contributed by atoms with E-state index < -0.39 is 21.3 Å². The Balaban J connectivity index is 2.44. The van der Waals surface area contributed by atoms with Crippen LogP contribution in [-0.2, 0) is 14.6 Å². The molecule has 7 heteroatoms. The van der Waals surface area contributed by atoms with Gasteiger partial charge in [-0.15, -0.1) is 0 Å². The van der Waals surface area contributed by atoms with Gasteiger partial charge in [-0.05, 0) is 12.8 Å². The zero-order chi connectivity index (χ0) is 13.1. The van der Waals surface area contributed by atoms with E-state index in [0.29, 0.717) is 25.9 Å².